The number of aryl methyl sites for hydroxylation is 1. The lowest BCUT2D eigenvalue weighted by atomic mass is 10.2. The predicted octanol–water partition coefficient (Wildman–Crippen LogP) is 3.42. The van der Waals surface area contributed by atoms with Crippen molar-refractivity contribution in [1.82, 2.24) is 4.98 Å². The number of aliphatic hydroxyl groups is 1. The summed E-state index contributed by atoms with van der Waals surface area (Å²) in [6, 6.07) is 6.31. The molecule has 18 heavy (non-hydrogen) atoms. The van der Waals surface area contributed by atoms with E-state index >= 15 is 0 Å². The SMILES string of the molecule is Cc1nc(C(O)c2cc3cccc(F)c3o2)cs1. The quantitative estimate of drug-likeness (QED) is 0.770. The van der Waals surface area contributed by atoms with Gasteiger partial charge in [-0.2, -0.15) is 0 Å². The first kappa shape index (κ1) is 11.4. The van der Waals surface area contributed by atoms with Gasteiger partial charge in [0.25, 0.3) is 0 Å². The van der Waals surface area contributed by atoms with Crippen LogP contribution in [0.2, 0.25) is 0 Å². The molecule has 0 aliphatic carbocycles. The molecule has 0 radical (unpaired) electrons. The molecular weight excluding hydrogens is 253 g/mol. The molecule has 3 nitrogen and oxygen atoms in total. The predicted molar refractivity (Wildman–Crippen MR) is 67.1 cm³/mol. The Bertz CT molecular complexity index is 704. The summed E-state index contributed by atoms with van der Waals surface area (Å²) >= 11 is 1.45. The van der Waals surface area contributed by atoms with E-state index in [2.05, 4.69) is 4.98 Å². The van der Waals surface area contributed by atoms with Gasteiger partial charge in [0.2, 0.25) is 0 Å². The number of halogens is 1. The monoisotopic (exact) mass is 263 g/mol. The van der Waals surface area contributed by atoms with Gasteiger partial charge < -0.3 is 9.52 Å². The van der Waals surface area contributed by atoms with Gasteiger partial charge in [-0.3, -0.25) is 0 Å². The zero-order chi connectivity index (χ0) is 12.7. The van der Waals surface area contributed by atoms with Crippen molar-refractivity contribution in [2.75, 3.05) is 0 Å². The van der Waals surface area contributed by atoms with Gasteiger partial charge >= 0.3 is 0 Å². The van der Waals surface area contributed by atoms with Gasteiger partial charge in [-0.25, -0.2) is 9.37 Å². The summed E-state index contributed by atoms with van der Waals surface area (Å²) in [6.07, 6.45) is -0.957. The molecule has 0 saturated heterocycles. The minimum atomic E-state index is -0.957. The third-order valence-electron chi connectivity index (χ3n) is 2.70. The topological polar surface area (TPSA) is 46.3 Å². The van der Waals surface area contributed by atoms with Gasteiger partial charge in [0, 0.05) is 10.8 Å². The first-order valence-electron chi connectivity index (χ1n) is 5.43. The number of hydrogen-bond acceptors (Lipinski definition) is 4. The maximum atomic E-state index is 13.5. The highest BCUT2D eigenvalue weighted by molar-refractivity contribution is 7.09. The van der Waals surface area contributed by atoms with E-state index in [1.165, 1.54) is 17.4 Å². The van der Waals surface area contributed by atoms with E-state index in [4.69, 9.17) is 4.42 Å². The van der Waals surface area contributed by atoms with Crippen molar-refractivity contribution in [2.45, 2.75) is 13.0 Å². The van der Waals surface area contributed by atoms with Crippen molar-refractivity contribution in [2.24, 2.45) is 0 Å². The van der Waals surface area contributed by atoms with Crippen molar-refractivity contribution in [1.29, 1.82) is 0 Å². The van der Waals surface area contributed by atoms with Gasteiger partial charge in [-0.1, -0.05) is 12.1 Å². The molecule has 2 heterocycles. The summed E-state index contributed by atoms with van der Waals surface area (Å²) in [6.45, 7) is 1.86. The first-order chi connectivity index (χ1) is 8.65. The second-order valence-corrected chi connectivity index (χ2v) is 5.06. The van der Waals surface area contributed by atoms with Crippen LogP contribution in [0.15, 0.2) is 34.1 Å². The highest BCUT2D eigenvalue weighted by atomic mass is 32.1. The van der Waals surface area contributed by atoms with Crippen LogP contribution in [0, 0.1) is 12.7 Å². The molecule has 2 aromatic heterocycles. The Morgan fingerprint density at radius 1 is 1.44 bits per heavy atom. The van der Waals surface area contributed by atoms with Crippen LogP contribution >= 0.6 is 11.3 Å². The fourth-order valence-corrected chi connectivity index (χ4v) is 2.46. The zero-order valence-corrected chi connectivity index (χ0v) is 10.4. The molecule has 0 spiro atoms. The van der Waals surface area contributed by atoms with E-state index in [9.17, 15) is 9.50 Å². The molecule has 0 fully saturated rings. The third kappa shape index (κ3) is 1.81. The van der Waals surface area contributed by atoms with Gasteiger partial charge in [-0.15, -0.1) is 11.3 Å². The molecule has 0 saturated carbocycles. The maximum Gasteiger partial charge on any atom is 0.170 e. The molecule has 1 atom stereocenters. The summed E-state index contributed by atoms with van der Waals surface area (Å²) in [5.74, 6) is -0.124. The summed E-state index contributed by atoms with van der Waals surface area (Å²) in [7, 11) is 0. The summed E-state index contributed by atoms with van der Waals surface area (Å²) in [5.41, 5.74) is 0.690. The number of hydrogen-bond donors (Lipinski definition) is 1. The van der Waals surface area contributed by atoms with Crippen LogP contribution in [0.3, 0.4) is 0 Å². The van der Waals surface area contributed by atoms with E-state index in [-0.39, 0.29) is 5.58 Å². The Morgan fingerprint density at radius 2 is 2.28 bits per heavy atom. The highest BCUT2D eigenvalue weighted by Crippen LogP contribution is 2.29. The largest absolute Gasteiger partial charge is 0.455 e. The standard InChI is InChI=1S/C13H10FNO2S/c1-7-15-10(6-18-7)12(16)11-5-8-3-2-4-9(14)13(8)17-11/h2-6,12,16H,1H3. The number of fused-ring (bicyclic) bond motifs is 1. The van der Waals surface area contributed by atoms with Crippen molar-refractivity contribution in [3.05, 3.63) is 51.9 Å². The fraction of sp³-hybridized carbons (Fsp3) is 0.154. The Hall–Kier alpha value is -1.72. The second kappa shape index (κ2) is 4.19. The number of furan rings is 1. The van der Waals surface area contributed by atoms with Crippen molar-refractivity contribution >= 4 is 22.3 Å². The van der Waals surface area contributed by atoms with Gasteiger partial charge in [0.1, 0.15) is 5.76 Å². The smallest absolute Gasteiger partial charge is 0.170 e. The van der Waals surface area contributed by atoms with Gasteiger partial charge in [-0.05, 0) is 19.1 Å². The van der Waals surface area contributed by atoms with Crippen molar-refractivity contribution in [3.8, 4) is 0 Å². The average Bonchev–Trinajstić information content (AvgIpc) is 2.95. The van der Waals surface area contributed by atoms with E-state index in [1.807, 2.05) is 6.92 Å². The lowest BCUT2D eigenvalue weighted by Gasteiger charge is -2.02. The van der Waals surface area contributed by atoms with Crippen LogP contribution in [0.1, 0.15) is 22.6 Å². The molecule has 1 aromatic carbocycles. The molecule has 1 unspecified atom stereocenters. The number of aromatic nitrogens is 1. The second-order valence-electron chi connectivity index (χ2n) is 4.00. The number of rotatable bonds is 2. The zero-order valence-electron chi connectivity index (χ0n) is 9.55. The number of thiazole rings is 1. The molecule has 3 aromatic rings. The lowest BCUT2D eigenvalue weighted by molar-refractivity contribution is 0.188. The van der Waals surface area contributed by atoms with Crippen LogP contribution in [-0.4, -0.2) is 10.1 Å². The molecule has 0 bridgehead atoms. The Balaban J connectivity index is 2.06. The summed E-state index contributed by atoms with van der Waals surface area (Å²) < 4.78 is 18.8. The maximum absolute atomic E-state index is 13.5. The first-order valence-corrected chi connectivity index (χ1v) is 6.31. The molecule has 0 aliphatic rings. The van der Waals surface area contributed by atoms with Crippen LogP contribution in [-0.2, 0) is 0 Å². The van der Waals surface area contributed by atoms with E-state index in [0.717, 1.165) is 5.01 Å². The summed E-state index contributed by atoms with van der Waals surface area (Å²) in [5, 5.41) is 13.4. The normalized spacial score (nSPS) is 13.1. The Kier molecular flexibility index (Phi) is 2.65. The lowest BCUT2D eigenvalue weighted by Crippen LogP contribution is -1.98. The molecule has 92 valence electrons. The van der Waals surface area contributed by atoms with Crippen LogP contribution in [0.4, 0.5) is 4.39 Å². The van der Waals surface area contributed by atoms with Crippen molar-refractivity contribution < 1.29 is 13.9 Å². The highest BCUT2D eigenvalue weighted by Gasteiger charge is 2.19. The number of benzene rings is 1. The molecule has 3 rings (SSSR count). The molecule has 1 N–H and O–H groups in total. The van der Waals surface area contributed by atoms with Crippen LogP contribution in [0.5, 0.6) is 0 Å². The van der Waals surface area contributed by atoms with Crippen molar-refractivity contribution in [3.63, 3.8) is 0 Å². The molecule has 5 heteroatoms. The van der Waals surface area contributed by atoms with Gasteiger partial charge in [0.15, 0.2) is 17.5 Å². The van der Waals surface area contributed by atoms with E-state index in [0.29, 0.717) is 16.8 Å². The third-order valence-corrected chi connectivity index (χ3v) is 3.49. The minimum Gasteiger partial charge on any atom is -0.455 e. The Morgan fingerprint density at radius 3 is 2.94 bits per heavy atom. The average molecular weight is 263 g/mol. The van der Waals surface area contributed by atoms with Crippen LogP contribution < -0.4 is 0 Å². The Labute approximate surface area is 107 Å². The minimum absolute atomic E-state index is 0.165. The number of nitrogens with zero attached hydrogens (tertiary/aromatic N) is 1. The molecule has 0 amide bonds. The number of para-hydroxylation sites is 1. The van der Waals surface area contributed by atoms with Crippen LogP contribution in [0.25, 0.3) is 11.0 Å². The molecule has 0 aliphatic heterocycles. The van der Waals surface area contributed by atoms with Gasteiger partial charge in [0.05, 0.1) is 10.7 Å². The van der Waals surface area contributed by atoms with E-state index < -0.39 is 11.9 Å². The summed E-state index contributed by atoms with van der Waals surface area (Å²) in [4.78, 5) is 4.19. The number of aliphatic hydroxyl groups excluding tert-OH is 1. The van der Waals surface area contributed by atoms with E-state index in [1.54, 1.807) is 23.6 Å². The molecular formula is C13H10FNO2S. The fourth-order valence-electron chi connectivity index (χ4n) is 1.83.